The zero-order valence-electron chi connectivity index (χ0n) is 10.6. The summed E-state index contributed by atoms with van der Waals surface area (Å²) in [6.07, 6.45) is 0. The van der Waals surface area contributed by atoms with Gasteiger partial charge in [0.2, 0.25) is 5.91 Å². The molecule has 2 N–H and O–H groups in total. The second kappa shape index (κ2) is 5.17. The zero-order valence-corrected chi connectivity index (χ0v) is 11.4. The van der Waals surface area contributed by atoms with Crippen molar-refractivity contribution in [2.24, 2.45) is 0 Å². The summed E-state index contributed by atoms with van der Waals surface area (Å²) in [5.74, 6) is 0.0924. The molecular formula is C15H13FN2OS. The Morgan fingerprint density at radius 3 is 2.55 bits per heavy atom. The van der Waals surface area contributed by atoms with Crippen LogP contribution in [0.4, 0.5) is 15.8 Å². The molecule has 102 valence electrons. The molecule has 0 radical (unpaired) electrons. The minimum Gasteiger partial charge on any atom is -0.398 e. The van der Waals surface area contributed by atoms with E-state index in [-0.39, 0.29) is 17.1 Å². The fourth-order valence-electron chi connectivity index (χ4n) is 2.27. The van der Waals surface area contributed by atoms with Crippen molar-refractivity contribution in [2.75, 3.05) is 16.4 Å². The Kier molecular flexibility index (Phi) is 3.36. The summed E-state index contributed by atoms with van der Waals surface area (Å²) in [5, 5.41) is -0.158. The minimum absolute atomic E-state index is 0.00913. The van der Waals surface area contributed by atoms with Gasteiger partial charge in [0.15, 0.2) is 0 Å². The van der Waals surface area contributed by atoms with Crippen LogP contribution >= 0.6 is 11.8 Å². The molecule has 20 heavy (non-hydrogen) atoms. The molecule has 0 bridgehead atoms. The molecule has 0 aliphatic carbocycles. The Balaban J connectivity index is 2.01. The third-order valence-corrected chi connectivity index (χ3v) is 4.43. The third-order valence-electron chi connectivity index (χ3n) is 3.23. The molecular weight excluding hydrogens is 275 g/mol. The summed E-state index contributed by atoms with van der Waals surface area (Å²) >= 11 is 1.53. The highest BCUT2D eigenvalue weighted by Gasteiger charge is 2.34. The van der Waals surface area contributed by atoms with Gasteiger partial charge >= 0.3 is 0 Å². The number of nitrogens with two attached hydrogens (primary N) is 1. The van der Waals surface area contributed by atoms with Gasteiger partial charge < -0.3 is 5.73 Å². The second-order valence-electron chi connectivity index (χ2n) is 4.53. The molecule has 3 nitrogen and oxygen atoms in total. The lowest BCUT2D eigenvalue weighted by Crippen LogP contribution is -2.28. The number of amides is 1. The van der Waals surface area contributed by atoms with Crippen LogP contribution in [0.1, 0.15) is 10.9 Å². The Morgan fingerprint density at radius 1 is 1.15 bits per heavy atom. The fraction of sp³-hybridized carbons (Fsp3) is 0.133. The lowest BCUT2D eigenvalue weighted by Gasteiger charge is -2.25. The first-order valence-electron chi connectivity index (χ1n) is 6.20. The largest absolute Gasteiger partial charge is 0.398 e. The standard InChI is InChI=1S/C15H13FN2OS/c16-10-5-7-11(8-6-10)18-14(19)9-20-15(18)12-3-1-2-4-13(12)17/h1-8,15H,9,17H2/t15-/m0/s1. The Morgan fingerprint density at radius 2 is 1.85 bits per heavy atom. The lowest BCUT2D eigenvalue weighted by atomic mass is 10.1. The Bertz CT molecular complexity index is 645. The molecule has 3 rings (SSSR count). The lowest BCUT2D eigenvalue weighted by molar-refractivity contribution is -0.115. The van der Waals surface area contributed by atoms with Crippen molar-refractivity contribution < 1.29 is 9.18 Å². The number of anilines is 2. The maximum absolute atomic E-state index is 13.0. The van der Waals surface area contributed by atoms with E-state index in [4.69, 9.17) is 5.73 Å². The van der Waals surface area contributed by atoms with Gasteiger partial charge in [-0.3, -0.25) is 9.69 Å². The van der Waals surface area contributed by atoms with Crippen molar-refractivity contribution in [1.29, 1.82) is 0 Å². The summed E-state index contributed by atoms with van der Waals surface area (Å²) in [5.41, 5.74) is 8.26. The first kappa shape index (κ1) is 13.0. The molecule has 1 aliphatic rings. The van der Waals surface area contributed by atoms with E-state index >= 15 is 0 Å². The molecule has 0 aromatic heterocycles. The quantitative estimate of drug-likeness (QED) is 0.863. The van der Waals surface area contributed by atoms with Crippen LogP contribution in [-0.4, -0.2) is 11.7 Å². The summed E-state index contributed by atoms with van der Waals surface area (Å²) in [6, 6.07) is 13.5. The van der Waals surface area contributed by atoms with Crippen molar-refractivity contribution in [1.82, 2.24) is 0 Å². The summed E-state index contributed by atoms with van der Waals surface area (Å²) in [6.45, 7) is 0. The minimum atomic E-state index is -0.316. The maximum Gasteiger partial charge on any atom is 0.238 e. The molecule has 2 aromatic carbocycles. The van der Waals surface area contributed by atoms with Crippen LogP contribution in [0.2, 0.25) is 0 Å². The van der Waals surface area contributed by atoms with Crippen molar-refractivity contribution in [3.8, 4) is 0 Å². The number of rotatable bonds is 2. The topological polar surface area (TPSA) is 46.3 Å². The van der Waals surface area contributed by atoms with Crippen LogP contribution in [0, 0.1) is 5.82 Å². The van der Waals surface area contributed by atoms with Gasteiger partial charge in [-0.1, -0.05) is 18.2 Å². The number of carbonyl (C=O) groups is 1. The zero-order chi connectivity index (χ0) is 14.1. The van der Waals surface area contributed by atoms with E-state index in [1.165, 1.54) is 23.9 Å². The maximum atomic E-state index is 13.0. The molecule has 2 aromatic rings. The highest BCUT2D eigenvalue weighted by molar-refractivity contribution is 8.00. The second-order valence-corrected chi connectivity index (χ2v) is 5.60. The van der Waals surface area contributed by atoms with Gasteiger partial charge in [0.05, 0.1) is 5.75 Å². The Hall–Kier alpha value is -2.01. The van der Waals surface area contributed by atoms with Gasteiger partial charge in [0, 0.05) is 16.9 Å². The average molecular weight is 288 g/mol. The van der Waals surface area contributed by atoms with Crippen LogP contribution in [-0.2, 0) is 4.79 Å². The van der Waals surface area contributed by atoms with Crippen LogP contribution in [0.15, 0.2) is 48.5 Å². The Labute approximate surface area is 120 Å². The van der Waals surface area contributed by atoms with Gasteiger partial charge in [-0.05, 0) is 30.3 Å². The molecule has 1 atom stereocenters. The predicted molar refractivity (Wildman–Crippen MR) is 79.9 cm³/mol. The number of halogens is 1. The smallest absolute Gasteiger partial charge is 0.238 e. The van der Waals surface area contributed by atoms with Crippen molar-refractivity contribution >= 4 is 29.0 Å². The van der Waals surface area contributed by atoms with E-state index in [1.807, 2.05) is 24.3 Å². The van der Waals surface area contributed by atoms with E-state index in [1.54, 1.807) is 17.0 Å². The first-order valence-corrected chi connectivity index (χ1v) is 7.25. The molecule has 1 saturated heterocycles. The van der Waals surface area contributed by atoms with Gasteiger partial charge in [-0.25, -0.2) is 4.39 Å². The molecule has 1 amide bonds. The number of hydrogen-bond acceptors (Lipinski definition) is 3. The highest BCUT2D eigenvalue weighted by atomic mass is 32.2. The van der Waals surface area contributed by atoms with Crippen LogP contribution in [0.5, 0.6) is 0 Å². The van der Waals surface area contributed by atoms with Crippen LogP contribution < -0.4 is 10.6 Å². The number of nitrogen functional groups attached to an aromatic ring is 1. The fourth-order valence-corrected chi connectivity index (χ4v) is 3.49. The number of nitrogens with zero attached hydrogens (tertiary/aromatic N) is 1. The number of hydrogen-bond donors (Lipinski definition) is 1. The molecule has 1 fully saturated rings. The molecule has 5 heteroatoms. The van der Waals surface area contributed by atoms with Gasteiger partial charge in [0.25, 0.3) is 0 Å². The SMILES string of the molecule is Nc1ccccc1[C@@H]1SCC(=O)N1c1ccc(F)cc1. The van der Waals surface area contributed by atoms with Crippen LogP contribution in [0.3, 0.4) is 0 Å². The monoisotopic (exact) mass is 288 g/mol. The normalized spacial score (nSPS) is 18.6. The van der Waals surface area contributed by atoms with E-state index in [0.29, 0.717) is 17.1 Å². The molecule has 1 aliphatic heterocycles. The van der Waals surface area contributed by atoms with Crippen molar-refractivity contribution in [3.63, 3.8) is 0 Å². The van der Waals surface area contributed by atoms with E-state index < -0.39 is 0 Å². The predicted octanol–water partition coefficient (Wildman–Crippen LogP) is 3.19. The van der Waals surface area contributed by atoms with Gasteiger partial charge in [0.1, 0.15) is 11.2 Å². The van der Waals surface area contributed by atoms with Gasteiger partial charge in [-0.15, -0.1) is 11.8 Å². The molecule has 1 heterocycles. The summed E-state index contributed by atoms with van der Waals surface area (Å²) in [7, 11) is 0. The van der Waals surface area contributed by atoms with E-state index in [0.717, 1.165) is 5.56 Å². The van der Waals surface area contributed by atoms with E-state index in [2.05, 4.69) is 0 Å². The number of para-hydroxylation sites is 1. The average Bonchev–Trinajstić information content (AvgIpc) is 2.82. The molecule has 0 saturated carbocycles. The molecule has 0 unspecified atom stereocenters. The summed E-state index contributed by atoms with van der Waals surface area (Å²) in [4.78, 5) is 13.8. The van der Waals surface area contributed by atoms with Crippen molar-refractivity contribution in [3.05, 3.63) is 59.9 Å². The summed E-state index contributed by atoms with van der Waals surface area (Å²) < 4.78 is 13.0. The van der Waals surface area contributed by atoms with Crippen LogP contribution in [0.25, 0.3) is 0 Å². The molecule has 0 spiro atoms. The number of thioether (sulfide) groups is 1. The number of benzene rings is 2. The van der Waals surface area contributed by atoms with E-state index in [9.17, 15) is 9.18 Å². The number of carbonyl (C=O) groups excluding carboxylic acids is 1. The highest BCUT2D eigenvalue weighted by Crippen LogP contribution is 2.43. The first-order chi connectivity index (χ1) is 9.66. The van der Waals surface area contributed by atoms with Gasteiger partial charge in [-0.2, -0.15) is 0 Å². The van der Waals surface area contributed by atoms with Crippen molar-refractivity contribution in [2.45, 2.75) is 5.37 Å². The third kappa shape index (κ3) is 2.25.